The monoisotopic (exact) mass is 236 g/mol. The summed E-state index contributed by atoms with van der Waals surface area (Å²) in [6, 6.07) is 2.78. The first-order valence-electron chi connectivity index (χ1n) is 5.02. The second kappa shape index (κ2) is 4.45. The van der Waals surface area contributed by atoms with Gasteiger partial charge in [-0.2, -0.15) is 0 Å². The Balaban J connectivity index is 2.23. The predicted octanol–water partition coefficient (Wildman–Crippen LogP) is 2.12. The van der Waals surface area contributed by atoms with Crippen molar-refractivity contribution in [2.45, 2.75) is 6.42 Å². The van der Waals surface area contributed by atoms with Gasteiger partial charge in [0.15, 0.2) is 5.78 Å². The summed E-state index contributed by atoms with van der Waals surface area (Å²) in [5, 5.41) is 0. The Labute approximate surface area is 96.7 Å². The minimum absolute atomic E-state index is 0.0190. The molecule has 0 radical (unpaired) electrons. The van der Waals surface area contributed by atoms with Gasteiger partial charge in [0.1, 0.15) is 17.5 Å². The van der Waals surface area contributed by atoms with Crippen molar-refractivity contribution in [2.24, 2.45) is 7.05 Å². The standard InChI is InChI=1S/C12H10F2N2O/c1-16-3-2-15-12(16)7-11(17)8-4-9(13)6-10(14)5-8/h2-6H,7H2,1H3. The maximum Gasteiger partial charge on any atom is 0.170 e. The molecule has 0 saturated heterocycles. The molecular formula is C12H10F2N2O. The largest absolute Gasteiger partial charge is 0.338 e. The first kappa shape index (κ1) is 11.4. The highest BCUT2D eigenvalue weighted by Crippen LogP contribution is 2.10. The third-order valence-electron chi connectivity index (χ3n) is 2.42. The Morgan fingerprint density at radius 2 is 1.94 bits per heavy atom. The van der Waals surface area contributed by atoms with E-state index in [0.717, 1.165) is 18.2 Å². The van der Waals surface area contributed by atoms with E-state index in [0.29, 0.717) is 5.82 Å². The smallest absolute Gasteiger partial charge is 0.170 e. The molecule has 0 aliphatic carbocycles. The van der Waals surface area contributed by atoms with Crippen LogP contribution in [0.4, 0.5) is 8.78 Å². The lowest BCUT2D eigenvalue weighted by atomic mass is 10.1. The average molecular weight is 236 g/mol. The van der Waals surface area contributed by atoms with Gasteiger partial charge >= 0.3 is 0 Å². The van der Waals surface area contributed by atoms with Gasteiger partial charge in [-0.3, -0.25) is 4.79 Å². The molecule has 3 nitrogen and oxygen atoms in total. The molecule has 1 aromatic carbocycles. The molecule has 2 rings (SSSR count). The lowest BCUT2D eigenvalue weighted by Gasteiger charge is -2.02. The molecule has 5 heteroatoms. The van der Waals surface area contributed by atoms with Crippen LogP contribution in [0.5, 0.6) is 0 Å². The highest BCUT2D eigenvalue weighted by Gasteiger charge is 2.12. The van der Waals surface area contributed by atoms with Crippen LogP contribution < -0.4 is 0 Å². The van der Waals surface area contributed by atoms with Crippen molar-refractivity contribution in [1.82, 2.24) is 9.55 Å². The molecule has 0 unspecified atom stereocenters. The molecular weight excluding hydrogens is 226 g/mol. The molecule has 88 valence electrons. The summed E-state index contributed by atoms with van der Waals surface area (Å²) in [6.07, 6.45) is 3.29. The molecule has 0 N–H and O–H groups in total. The van der Waals surface area contributed by atoms with Crippen molar-refractivity contribution in [3.8, 4) is 0 Å². The molecule has 0 atom stereocenters. The maximum absolute atomic E-state index is 12.9. The SMILES string of the molecule is Cn1ccnc1CC(=O)c1cc(F)cc(F)c1. The molecule has 17 heavy (non-hydrogen) atoms. The zero-order valence-electron chi connectivity index (χ0n) is 9.15. The second-order valence-electron chi connectivity index (χ2n) is 3.71. The number of aromatic nitrogens is 2. The zero-order valence-corrected chi connectivity index (χ0v) is 9.15. The maximum atomic E-state index is 12.9. The number of aryl methyl sites for hydroxylation is 1. The van der Waals surface area contributed by atoms with E-state index in [1.807, 2.05) is 0 Å². The van der Waals surface area contributed by atoms with Crippen LogP contribution in [-0.4, -0.2) is 15.3 Å². The van der Waals surface area contributed by atoms with Gasteiger partial charge in [0, 0.05) is 31.1 Å². The number of carbonyl (C=O) groups is 1. The molecule has 0 spiro atoms. The van der Waals surface area contributed by atoms with Crippen LogP contribution in [0, 0.1) is 11.6 Å². The Morgan fingerprint density at radius 1 is 1.29 bits per heavy atom. The van der Waals surface area contributed by atoms with Crippen molar-refractivity contribution >= 4 is 5.78 Å². The fourth-order valence-corrected chi connectivity index (χ4v) is 1.53. The molecule has 2 aromatic rings. The van der Waals surface area contributed by atoms with Crippen LogP contribution in [0.3, 0.4) is 0 Å². The minimum atomic E-state index is -0.756. The molecule has 0 amide bonds. The first-order valence-corrected chi connectivity index (χ1v) is 5.02. The highest BCUT2D eigenvalue weighted by atomic mass is 19.1. The number of benzene rings is 1. The number of nitrogens with zero attached hydrogens (tertiary/aromatic N) is 2. The fourth-order valence-electron chi connectivity index (χ4n) is 1.53. The summed E-state index contributed by atoms with van der Waals surface area (Å²) in [6.45, 7) is 0. The van der Waals surface area contributed by atoms with Gasteiger partial charge in [0.05, 0.1) is 6.42 Å². The van der Waals surface area contributed by atoms with Gasteiger partial charge in [0.25, 0.3) is 0 Å². The van der Waals surface area contributed by atoms with Gasteiger partial charge in [-0.25, -0.2) is 13.8 Å². The number of Topliss-reactive ketones (excluding diaryl/α,β-unsaturated/α-hetero) is 1. The zero-order chi connectivity index (χ0) is 12.4. The van der Waals surface area contributed by atoms with Crippen LogP contribution in [0.25, 0.3) is 0 Å². The molecule has 0 aliphatic rings. The van der Waals surface area contributed by atoms with Gasteiger partial charge in [0.2, 0.25) is 0 Å². The second-order valence-corrected chi connectivity index (χ2v) is 3.71. The van der Waals surface area contributed by atoms with Crippen molar-refractivity contribution in [2.75, 3.05) is 0 Å². The first-order chi connectivity index (χ1) is 8.06. The lowest BCUT2D eigenvalue weighted by molar-refractivity contribution is 0.0989. The van der Waals surface area contributed by atoms with E-state index in [2.05, 4.69) is 4.98 Å². The highest BCUT2D eigenvalue weighted by molar-refractivity contribution is 5.97. The Hall–Kier alpha value is -2.04. The summed E-state index contributed by atoms with van der Waals surface area (Å²) in [4.78, 5) is 15.8. The van der Waals surface area contributed by atoms with E-state index in [1.54, 1.807) is 24.0 Å². The number of imidazole rings is 1. The molecule has 0 aliphatic heterocycles. The van der Waals surface area contributed by atoms with Crippen molar-refractivity contribution in [3.05, 3.63) is 53.6 Å². The summed E-state index contributed by atoms with van der Waals surface area (Å²) in [7, 11) is 1.75. The minimum Gasteiger partial charge on any atom is -0.338 e. The summed E-state index contributed by atoms with van der Waals surface area (Å²) < 4.78 is 27.6. The molecule has 1 heterocycles. The summed E-state index contributed by atoms with van der Waals surface area (Å²) in [5.41, 5.74) is 0.0190. The Morgan fingerprint density at radius 3 is 2.47 bits per heavy atom. The number of halogens is 2. The van der Waals surface area contributed by atoms with Crippen LogP contribution in [-0.2, 0) is 13.5 Å². The number of hydrogen-bond acceptors (Lipinski definition) is 2. The predicted molar refractivity (Wildman–Crippen MR) is 57.6 cm³/mol. The van der Waals surface area contributed by atoms with Gasteiger partial charge < -0.3 is 4.57 Å². The van der Waals surface area contributed by atoms with Crippen molar-refractivity contribution < 1.29 is 13.6 Å². The molecule has 1 aromatic heterocycles. The van der Waals surface area contributed by atoms with Crippen LogP contribution in [0.15, 0.2) is 30.6 Å². The van der Waals surface area contributed by atoms with Gasteiger partial charge in [-0.05, 0) is 12.1 Å². The summed E-state index contributed by atoms with van der Waals surface area (Å²) in [5.74, 6) is -1.32. The Kier molecular flexibility index (Phi) is 2.99. The van der Waals surface area contributed by atoms with E-state index >= 15 is 0 Å². The van der Waals surface area contributed by atoms with E-state index < -0.39 is 11.6 Å². The van der Waals surface area contributed by atoms with Crippen molar-refractivity contribution in [1.29, 1.82) is 0 Å². The van der Waals surface area contributed by atoms with E-state index in [4.69, 9.17) is 0 Å². The molecule has 0 fully saturated rings. The Bertz CT molecular complexity index is 543. The third-order valence-corrected chi connectivity index (χ3v) is 2.42. The van der Waals surface area contributed by atoms with Gasteiger partial charge in [-0.15, -0.1) is 0 Å². The number of hydrogen-bond donors (Lipinski definition) is 0. The average Bonchev–Trinajstić information content (AvgIpc) is 2.63. The number of ketones is 1. The topological polar surface area (TPSA) is 34.9 Å². The van der Waals surface area contributed by atoms with E-state index in [9.17, 15) is 13.6 Å². The van der Waals surface area contributed by atoms with Crippen LogP contribution >= 0.6 is 0 Å². The lowest BCUT2D eigenvalue weighted by Crippen LogP contribution is -2.08. The normalized spacial score (nSPS) is 10.5. The quantitative estimate of drug-likeness (QED) is 0.765. The van der Waals surface area contributed by atoms with Gasteiger partial charge in [-0.1, -0.05) is 0 Å². The number of carbonyl (C=O) groups excluding carboxylic acids is 1. The third kappa shape index (κ3) is 2.55. The molecule has 0 saturated carbocycles. The van der Waals surface area contributed by atoms with Crippen LogP contribution in [0.2, 0.25) is 0 Å². The van der Waals surface area contributed by atoms with E-state index in [1.165, 1.54) is 0 Å². The summed E-state index contributed by atoms with van der Waals surface area (Å²) >= 11 is 0. The molecule has 0 bridgehead atoms. The van der Waals surface area contributed by atoms with E-state index in [-0.39, 0.29) is 17.8 Å². The fraction of sp³-hybridized carbons (Fsp3) is 0.167. The van der Waals surface area contributed by atoms with Crippen molar-refractivity contribution in [3.63, 3.8) is 0 Å². The van der Waals surface area contributed by atoms with Crippen LogP contribution in [0.1, 0.15) is 16.2 Å². The number of rotatable bonds is 3.